The third kappa shape index (κ3) is 3.09. The number of aromatic nitrogens is 2. The van der Waals surface area contributed by atoms with E-state index in [1.807, 2.05) is 49.7 Å². The van der Waals surface area contributed by atoms with Crippen LogP contribution in [0.2, 0.25) is 0 Å². The van der Waals surface area contributed by atoms with Gasteiger partial charge in [0.25, 0.3) is 0 Å². The van der Waals surface area contributed by atoms with E-state index < -0.39 is 0 Å². The third-order valence-corrected chi connectivity index (χ3v) is 4.04. The van der Waals surface area contributed by atoms with Gasteiger partial charge in [-0.05, 0) is 43.2 Å². The number of ether oxygens (including phenoxy) is 1. The summed E-state index contributed by atoms with van der Waals surface area (Å²) in [6.07, 6.45) is 1.83. The van der Waals surface area contributed by atoms with Crippen molar-refractivity contribution in [3.05, 3.63) is 53.0 Å². The van der Waals surface area contributed by atoms with E-state index in [2.05, 4.69) is 21.4 Å². The molecular weight excluding hydrogens is 294 g/mol. The molecule has 0 aliphatic rings. The van der Waals surface area contributed by atoms with Crippen molar-refractivity contribution in [2.75, 3.05) is 12.4 Å². The summed E-state index contributed by atoms with van der Waals surface area (Å²) >= 11 is 1.55. The number of nitrogens with one attached hydrogen (secondary N) is 1. The molecule has 22 heavy (non-hydrogen) atoms. The normalized spacial score (nSPS) is 10.5. The molecule has 1 N–H and O–H groups in total. The van der Waals surface area contributed by atoms with Crippen LogP contribution in [0.5, 0.6) is 5.75 Å². The summed E-state index contributed by atoms with van der Waals surface area (Å²) in [6.45, 7) is 4.06. The highest BCUT2D eigenvalue weighted by Gasteiger charge is 2.10. The van der Waals surface area contributed by atoms with Crippen molar-refractivity contribution < 1.29 is 4.74 Å². The molecule has 0 aliphatic carbocycles. The average molecular weight is 311 g/mol. The van der Waals surface area contributed by atoms with Crippen molar-refractivity contribution in [2.45, 2.75) is 13.8 Å². The molecule has 3 aromatic rings. The molecule has 4 nitrogen and oxygen atoms in total. The second-order valence-corrected chi connectivity index (χ2v) is 5.95. The predicted octanol–water partition coefficient (Wildman–Crippen LogP) is 4.57. The molecule has 0 amide bonds. The Labute approximate surface area is 133 Å². The monoisotopic (exact) mass is 311 g/mol. The maximum Gasteiger partial charge on any atom is 0.188 e. The maximum absolute atomic E-state index is 5.45. The lowest BCUT2D eigenvalue weighted by atomic mass is 10.1. The van der Waals surface area contributed by atoms with E-state index in [-0.39, 0.29) is 0 Å². The van der Waals surface area contributed by atoms with Gasteiger partial charge in [-0.15, -0.1) is 11.3 Å². The lowest BCUT2D eigenvalue weighted by molar-refractivity contribution is 0.416. The van der Waals surface area contributed by atoms with Gasteiger partial charge in [0.05, 0.1) is 12.8 Å². The Hall–Kier alpha value is -2.40. The zero-order valence-corrected chi connectivity index (χ0v) is 13.6. The highest BCUT2D eigenvalue weighted by atomic mass is 32.1. The fraction of sp³-hybridized carbons (Fsp3) is 0.176. The van der Waals surface area contributed by atoms with E-state index in [4.69, 9.17) is 4.74 Å². The van der Waals surface area contributed by atoms with Crippen molar-refractivity contribution in [2.24, 2.45) is 0 Å². The molecule has 0 atom stereocenters. The van der Waals surface area contributed by atoms with Gasteiger partial charge >= 0.3 is 0 Å². The summed E-state index contributed by atoms with van der Waals surface area (Å²) < 4.78 is 5.45. The number of pyridine rings is 1. The van der Waals surface area contributed by atoms with Gasteiger partial charge in [0.15, 0.2) is 5.13 Å². The summed E-state index contributed by atoms with van der Waals surface area (Å²) in [4.78, 5) is 8.96. The number of rotatable bonds is 4. The number of benzene rings is 1. The molecule has 1 aromatic carbocycles. The molecule has 112 valence electrons. The van der Waals surface area contributed by atoms with Crippen molar-refractivity contribution in [3.63, 3.8) is 0 Å². The Morgan fingerprint density at radius 1 is 1.09 bits per heavy atom. The van der Waals surface area contributed by atoms with Gasteiger partial charge in [-0.25, -0.2) is 9.97 Å². The molecular formula is C17H17N3OS. The predicted molar refractivity (Wildman–Crippen MR) is 91.1 cm³/mol. The molecule has 2 heterocycles. The first-order valence-corrected chi connectivity index (χ1v) is 7.84. The number of anilines is 2. The first-order valence-electron chi connectivity index (χ1n) is 6.96. The van der Waals surface area contributed by atoms with Crippen LogP contribution >= 0.6 is 11.3 Å². The molecule has 0 fully saturated rings. The molecule has 0 bridgehead atoms. The Morgan fingerprint density at radius 3 is 2.64 bits per heavy atom. The Morgan fingerprint density at radius 2 is 1.91 bits per heavy atom. The van der Waals surface area contributed by atoms with Crippen LogP contribution in [0.15, 0.2) is 41.9 Å². The number of methoxy groups -OCH3 is 1. The first-order chi connectivity index (χ1) is 10.7. The van der Waals surface area contributed by atoms with Gasteiger partial charge < -0.3 is 10.1 Å². The molecule has 3 rings (SSSR count). The summed E-state index contributed by atoms with van der Waals surface area (Å²) in [7, 11) is 1.68. The van der Waals surface area contributed by atoms with Gasteiger partial charge in [-0.2, -0.15) is 0 Å². The second kappa shape index (κ2) is 6.15. The topological polar surface area (TPSA) is 47.0 Å². The van der Waals surface area contributed by atoms with Crippen LogP contribution in [0.3, 0.4) is 0 Å². The van der Waals surface area contributed by atoms with E-state index >= 15 is 0 Å². The summed E-state index contributed by atoms with van der Waals surface area (Å²) in [5.74, 6) is 1.63. The quantitative estimate of drug-likeness (QED) is 0.766. The van der Waals surface area contributed by atoms with E-state index in [9.17, 15) is 0 Å². The highest BCUT2D eigenvalue weighted by molar-refractivity contribution is 7.14. The number of nitrogens with zero attached hydrogens (tertiary/aromatic N) is 2. The van der Waals surface area contributed by atoms with Gasteiger partial charge in [-0.3, -0.25) is 0 Å². The van der Waals surface area contributed by atoms with Gasteiger partial charge in [-0.1, -0.05) is 12.1 Å². The summed E-state index contributed by atoms with van der Waals surface area (Å²) in [6, 6.07) is 10.1. The van der Waals surface area contributed by atoms with Crippen molar-refractivity contribution >= 4 is 22.3 Å². The fourth-order valence-corrected chi connectivity index (χ4v) is 2.83. The van der Waals surface area contributed by atoms with Crippen molar-refractivity contribution in [3.8, 4) is 17.0 Å². The number of hydrogen-bond donors (Lipinski definition) is 1. The van der Waals surface area contributed by atoms with E-state index in [1.54, 1.807) is 18.4 Å². The summed E-state index contributed by atoms with van der Waals surface area (Å²) in [5.41, 5.74) is 4.19. The van der Waals surface area contributed by atoms with Crippen molar-refractivity contribution in [1.82, 2.24) is 9.97 Å². The van der Waals surface area contributed by atoms with E-state index in [0.717, 1.165) is 39.1 Å². The van der Waals surface area contributed by atoms with Gasteiger partial charge in [0, 0.05) is 17.1 Å². The zero-order valence-electron chi connectivity index (χ0n) is 12.8. The minimum absolute atomic E-state index is 0.794. The molecule has 2 aromatic heterocycles. The van der Waals surface area contributed by atoms with E-state index in [0.29, 0.717) is 0 Å². The maximum atomic E-state index is 5.45. The lowest BCUT2D eigenvalue weighted by Gasteiger charge is -2.07. The minimum Gasteiger partial charge on any atom is -0.496 e. The molecule has 0 saturated heterocycles. The molecule has 0 aliphatic heterocycles. The second-order valence-electron chi connectivity index (χ2n) is 5.09. The van der Waals surface area contributed by atoms with Crippen LogP contribution in [0.4, 0.5) is 10.9 Å². The van der Waals surface area contributed by atoms with Crippen LogP contribution in [-0.2, 0) is 0 Å². The van der Waals surface area contributed by atoms with Crippen LogP contribution in [0.25, 0.3) is 11.3 Å². The Kier molecular flexibility index (Phi) is 4.06. The lowest BCUT2D eigenvalue weighted by Crippen LogP contribution is -1.93. The molecule has 5 heteroatoms. The largest absolute Gasteiger partial charge is 0.496 e. The molecule has 0 radical (unpaired) electrons. The Bertz CT molecular complexity index is 781. The van der Waals surface area contributed by atoms with Crippen LogP contribution in [0, 0.1) is 13.8 Å². The molecule has 0 unspecified atom stereocenters. The number of hydrogen-bond acceptors (Lipinski definition) is 5. The zero-order chi connectivity index (χ0) is 15.5. The van der Waals surface area contributed by atoms with Crippen LogP contribution in [0.1, 0.15) is 11.1 Å². The fourth-order valence-electron chi connectivity index (χ4n) is 2.12. The SMILES string of the molecule is COc1cc(C)ccc1-c1csc(Nc2ccc(C)cn2)n1. The van der Waals surface area contributed by atoms with Crippen LogP contribution < -0.4 is 10.1 Å². The standard InChI is InChI=1S/C17H17N3OS/c1-11-4-6-13(15(8-11)21-3)14-10-22-17(19-14)20-16-7-5-12(2)9-18-16/h4-10H,1-3H3,(H,18,19,20). The summed E-state index contributed by atoms with van der Waals surface area (Å²) in [5, 5.41) is 6.06. The number of aryl methyl sites for hydroxylation is 2. The van der Waals surface area contributed by atoms with E-state index in [1.165, 1.54) is 0 Å². The third-order valence-electron chi connectivity index (χ3n) is 3.28. The van der Waals surface area contributed by atoms with Crippen LogP contribution in [-0.4, -0.2) is 17.1 Å². The average Bonchev–Trinajstić information content (AvgIpc) is 2.97. The molecule has 0 spiro atoms. The molecule has 0 saturated carbocycles. The van der Waals surface area contributed by atoms with Gasteiger partial charge in [0.2, 0.25) is 0 Å². The highest BCUT2D eigenvalue weighted by Crippen LogP contribution is 2.33. The Balaban J connectivity index is 1.86. The van der Waals surface area contributed by atoms with Gasteiger partial charge in [0.1, 0.15) is 11.6 Å². The number of thiazole rings is 1. The smallest absolute Gasteiger partial charge is 0.188 e. The first kappa shape index (κ1) is 14.5. The van der Waals surface area contributed by atoms with Crippen molar-refractivity contribution in [1.29, 1.82) is 0 Å². The minimum atomic E-state index is 0.794.